The number of carbonyl (C=O) groups is 1. The maximum absolute atomic E-state index is 12.0. The van der Waals surface area contributed by atoms with Crippen molar-refractivity contribution in [1.29, 1.82) is 0 Å². The molecule has 0 spiro atoms. The molecular formula is C28H36N8O3. The van der Waals surface area contributed by atoms with Crippen molar-refractivity contribution in [3.05, 3.63) is 42.6 Å². The number of likely N-dealkylation sites (tertiary alicyclic amines) is 1. The molecule has 1 aliphatic rings. The summed E-state index contributed by atoms with van der Waals surface area (Å²) in [5.41, 5.74) is 2.67. The van der Waals surface area contributed by atoms with Crippen LogP contribution in [0.15, 0.2) is 42.6 Å². The van der Waals surface area contributed by atoms with Crippen molar-refractivity contribution < 1.29 is 14.3 Å². The lowest BCUT2D eigenvalue weighted by Gasteiger charge is -2.26. The van der Waals surface area contributed by atoms with Crippen molar-refractivity contribution in [2.24, 2.45) is 0 Å². The van der Waals surface area contributed by atoms with Gasteiger partial charge in [-0.05, 0) is 76.2 Å². The summed E-state index contributed by atoms with van der Waals surface area (Å²) < 4.78 is 13.2. The van der Waals surface area contributed by atoms with Gasteiger partial charge in [-0.3, -0.25) is 9.89 Å². The monoisotopic (exact) mass is 532 g/mol. The van der Waals surface area contributed by atoms with E-state index in [1.807, 2.05) is 48.9 Å². The molecule has 5 rings (SSSR count). The smallest absolute Gasteiger partial charge is 0.258 e. The fourth-order valence-corrected chi connectivity index (χ4v) is 4.71. The van der Waals surface area contributed by atoms with E-state index in [1.165, 1.54) is 19.3 Å². The Morgan fingerprint density at radius 2 is 1.92 bits per heavy atom. The van der Waals surface area contributed by atoms with E-state index in [2.05, 4.69) is 25.7 Å². The van der Waals surface area contributed by atoms with E-state index in [1.54, 1.807) is 19.4 Å². The highest BCUT2D eigenvalue weighted by atomic mass is 16.5. The molecule has 39 heavy (non-hydrogen) atoms. The molecule has 0 bridgehead atoms. The minimum Gasteiger partial charge on any atom is -0.493 e. The van der Waals surface area contributed by atoms with E-state index >= 15 is 0 Å². The molecule has 1 aliphatic heterocycles. The van der Waals surface area contributed by atoms with Crippen LogP contribution in [0.3, 0.4) is 0 Å². The summed E-state index contributed by atoms with van der Waals surface area (Å²) in [6.07, 6.45) is 5.59. The van der Waals surface area contributed by atoms with Gasteiger partial charge in [0.05, 0.1) is 25.4 Å². The lowest BCUT2D eigenvalue weighted by atomic mass is 10.1. The number of rotatable bonds is 11. The fraction of sp³-hybridized carbons (Fsp3) is 0.429. The van der Waals surface area contributed by atoms with E-state index in [9.17, 15) is 4.79 Å². The third-order valence-corrected chi connectivity index (χ3v) is 6.68. The average molecular weight is 533 g/mol. The number of fused-ring (bicyclic) bond motifs is 1. The topological polar surface area (TPSA) is 122 Å². The van der Waals surface area contributed by atoms with E-state index in [-0.39, 0.29) is 18.6 Å². The van der Waals surface area contributed by atoms with Crippen LogP contribution >= 0.6 is 0 Å². The van der Waals surface area contributed by atoms with Crippen molar-refractivity contribution in [2.45, 2.75) is 45.7 Å². The molecule has 2 aromatic carbocycles. The standard InChI is InChI=1S/C28H36N8O3/c1-19(2)30-26(37)18-39-24-10-7-20(16-25(24)38-3)27-32-28(31-22-8-9-23-21(15-22)17-29-33-23)36(34-27)14-13-35-11-5-4-6-12-35/h7-10,15-17,19H,4-6,11-14,18H2,1-3H3,(H,29,33)(H,30,37)(H,31,32,34). The van der Waals surface area contributed by atoms with Crippen LogP contribution < -0.4 is 20.1 Å². The Hall–Kier alpha value is -4.12. The first-order chi connectivity index (χ1) is 19.0. The summed E-state index contributed by atoms with van der Waals surface area (Å²) in [5, 5.41) is 19.2. The minimum absolute atomic E-state index is 0.0471. The van der Waals surface area contributed by atoms with Crippen molar-refractivity contribution >= 4 is 28.4 Å². The first-order valence-corrected chi connectivity index (χ1v) is 13.5. The zero-order valence-electron chi connectivity index (χ0n) is 22.7. The molecule has 0 saturated carbocycles. The summed E-state index contributed by atoms with van der Waals surface area (Å²) in [6.45, 7) is 7.59. The van der Waals surface area contributed by atoms with Gasteiger partial charge in [0.2, 0.25) is 5.95 Å². The molecule has 206 valence electrons. The summed E-state index contributed by atoms with van der Waals surface area (Å²) in [4.78, 5) is 19.4. The molecular weight excluding hydrogens is 496 g/mol. The van der Waals surface area contributed by atoms with Gasteiger partial charge in [0.25, 0.3) is 5.91 Å². The van der Waals surface area contributed by atoms with Crippen LogP contribution in [0, 0.1) is 0 Å². The number of H-pyrrole nitrogens is 1. The molecule has 4 aromatic rings. The molecule has 1 saturated heterocycles. The minimum atomic E-state index is -0.186. The van der Waals surface area contributed by atoms with Gasteiger partial charge in [-0.2, -0.15) is 10.1 Å². The van der Waals surface area contributed by atoms with Crippen molar-refractivity contribution in [3.63, 3.8) is 0 Å². The number of carbonyl (C=O) groups excluding carboxylic acids is 1. The first kappa shape index (κ1) is 26.5. The molecule has 0 radical (unpaired) electrons. The van der Waals surface area contributed by atoms with Crippen LogP contribution in [0.2, 0.25) is 0 Å². The van der Waals surface area contributed by atoms with E-state index in [0.29, 0.717) is 29.8 Å². The Bertz CT molecular complexity index is 1410. The second-order valence-corrected chi connectivity index (χ2v) is 10.1. The van der Waals surface area contributed by atoms with E-state index < -0.39 is 0 Å². The second-order valence-electron chi connectivity index (χ2n) is 10.1. The number of anilines is 2. The summed E-state index contributed by atoms with van der Waals surface area (Å²) in [6, 6.07) is 11.6. The quantitative estimate of drug-likeness (QED) is 0.265. The molecule has 11 nitrogen and oxygen atoms in total. The molecule has 2 aromatic heterocycles. The molecule has 3 N–H and O–H groups in total. The number of piperidine rings is 1. The molecule has 0 aliphatic carbocycles. The van der Waals surface area contributed by atoms with Crippen LogP contribution in [0.1, 0.15) is 33.1 Å². The van der Waals surface area contributed by atoms with Gasteiger partial charge in [-0.1, -0.05) is 6.42 Å². The largest absolute Gasteiger partial charge is 0.493 e. The number of nitrogens with one attached hydrogen (secondary N) is 3. The number of aromatic nitrogens is 5. The van der Waals surface area contributed by atoms with Gasteiger partial charge in [-0.25, -0.2) is 4.68 Å². The van der Waals surface area contributed by atoms with Crippen LogP contribution in [-0.4, -0.2) is 75.2 Å². The zero-order valence-corrected chi connectivity index (χ0v) is 22.7. The van der Waals surface area contributed by atoms with Gasteiger partial charge in [0.15, 0.2) is 23.9 Å². The lowest BCUT2D eigenvalue weighted by molar-refractivity contribution is -0.123. The molecule has 0 unspecified atom stereocenters. The first-order valence-electron chi connectivity index (χ1n) is 13.5. The third kappa shape index (κ3) is 6.66. The number of hydrogen-bond acceptors (Lipinski definition) is 8. The average Bonchev–Trinajstić information content (AvgIpc) is 3.57. The van der Waals surface area contributed by atoms with Gasteiger partial charge < -0.3 is 25.0 Å². The lowest BCUT2D eigenvalue weighted by Crippen LogP contribution is -2.34. The Kier molecular flexibility index (Phi) is 8.26. The van der Waals surface area contributed by atoms with Gasteiger partial charge in [-0.15, -0.1) is 5.10 Å². The van der Waals surface area contributed by atoms with Crippen molar-refractivity contribution in [3.8, 4) is 22.9 Å². The SMILES string of the molecule is COc1cc(-c2nc(Nc3ccc4[nH]ncc4c3)n(CCN3CCCCC3)n2)ccc1OCC(=O)NC(C)C. The number of ether oxygens (including phenoxy) is 2. The van der Waals surface area contributed by atoms with Crippen LogP contribution in [0.5, 0.6) is 11.5 Å². The third-order valence-electron chi connectivity index (χ3n) is 6.68. The zero-order chi connectivity index (χ0) is 27.2. The highest BCUT2D eigenvalue weighted by Gasteiger charge is 2.17. The highest BCUT2D eigenvalue weighted by Crippen LogP contribution is 2.32. The number of amides is 1. The fourth-order valence-electron chi connectivity index (χ4n) is 4.71. The van der Waals surface area contributed by atoms with Crippen LogP contribution in [-0.2, 0) is 11.3 Å². The number of hydrogen-bond donors (Lipinski definition) is 3. The number of methoxy groups -OCH3 is 1. The van der Waals surface area contributed by atoms with Gasteiger partial charge >= 0.3 is 0 Å². The Morgan fingerprint density at radius 1 is 1.08 bits per heavy atom. The van der Waals surface area contributed by atoms with Crippen LogP contribution in [0.4, 0.5) is 11.6 Å². The summed E-state index contributed by atoms with van der Waals surface area (Å²) in [5.74, 6) is 2.04. The predicted octanol–water partition coefficient (Wildman–Crippen LogP) is 3.96. The van der Waals surface area contributed by atoms with Gasteiger partial charge in [0.1, 0.15) is 0 Å². The molecule has 11 heteroatoms. The van der Waals surface area contributed by atoms with Crippen molar-refractivity contribution in [1.82, 2.24) is 35.2 Å². The predicted molar refractivity (Wildman–Crippen MR) is 150 cm³/mol. The Balaban J connectivity index is 1.38. The number of benzene rings is 2. The number of nitrogens with zero attached hydrogens (tertiary/aromatic N) is 5. The number of aromatic amines is 1. The maximum Gasteiger partial charge on any atom is 0.258 e. The highest BCUT2D eigenvalue weighted by molar-refractivity contribution is 5.82. The maximum atomic E-state index is 12.0. The summed E-state index contributed by atoms with van der Waals surface area (Å²) in [7, 11) is 1.57. The summed E-state index contributed by atoms with van der Waals surface area (Å²) >= 11 is 0. The van der Waals surface area contributed by atoms with E-state index in [4.69, 9.17) is 19.6 Å². The molecule has 0 atom stereocenters. The molecule has 1 fully saturated rings. The van der Waals surface area contributed by atoms with Crippen LogP contribution in [0.25, 0.3) is 22.3 Å². The normalized spacial score (nSPS) is 14.1. The molecule has 3 heterocycles. The second kappa shape index (κ2) is 12.2. The van der Waals surface area contributed by atoms with Crippen molar-refractivity contribution in [2.75, 3.05) is 38.7 Å². The molecule has 1 amide bonds. The Morgan fingerprint density at radius 3 is 2.72 bits per heavy atom. The van der Waals surface area contributed by atoms with E-state index in [0.717, 1.165) is 41.8 Å². The Labute approximate surface area is 227 Å². The van der Waals surface area contributed by atoms with Gasteiger partial charge in [0, 0.05) is 29.2 Å².